The smallest absolute Gasteiger partial charge is 0.191 e. The zero-order valence-electron chi connectivity index (χ0n) is 14.2. The number of halogens is 1. The maximum atomic E-state index is 4.62. The van der Waals surface area contributed by atoms with Crippen LogP contribution in [0.3, 0.4) is 0 Å². The van der Waals surface area contributed by atoms with Gasteiger partial charge in [-0.25, -0.2) is 4.99 Å². The van der Waals surface area contributed by atoms with E-state index < -0.39 is 0 Å². The lowest BCUT2D eigenvalue weighted by molar-refractivity contribution is 0.799. The fourth-order valence-electron chi connectivity index (χ4n) is 2.25. The highest BCUT2D eigenvalue weighted by Gasteiger charge is 1.99. The number of rotatable bonds is 6. The second kappa shape index (κ2) is 10.3. The molecule has 23 heavy (non-hydrogen) atoms. The molecule has 0 atom stereocenters. The van der Waals surface area contributed by atoms with Crippen LogP contribution < -0.4 is 10.6 Å². The standard InChI is InChI=1S/C18H26N4.HI/c1-4-19-18(21-13-17-10-12-22(3)14-17)20-11-9-16-7-5-15(2)6-8-16;/h5-8,10,12,14H,4,9,11,13H2,1-3H3,(H2,19,20,21);1H. The van der Waals surface area contributed by atoms with Crippen molar-refractivity contribution in [1.29, 1.82) is 0 Å². The maximum Gasteiger partial charge on any atom is 0.191 e. The molecular weight excluding hydrogens is 399 g/mol. The number of nitrogens with zero attached hydrogens (tertiary/aromatic N) is 2. The third-order valence-corrected chi connectivity index (χ3v) is 3.48. The third-order valence-electron chi connectivity index (χ3n) is 3.48. The van der Waals surface area contributed by atoms with Gasteiger partial charge in [-0.05, 0) is 37.5 Å². The van der Waals surface area contributed by atoms with E-state index in [1.165, 1.54) is 16.7 Å². The van der Waals surface area contributed by atoms with Crippen LogP contribution in [0.4, 0.5) is 0 Å². The van der Waals surface area contributed by atoms with Crippen molar-refractivity contribution in [2.24, 2.45) is 12.0 Å². The predicted molar refractivity (Wildman–Crippen MR) is 109 cm³/mol. The van der Waals surface area contributed by atoms with E-state index >= 15 is 0 Å². The first kappa shape index (κ1) is 19.5. The lowest BCUT2D eigenvalue weighted by Crippen LogP contribution is -2.38. The molecule has 2 N–H and O–H groups in total. The van der Waals surface area contributed by atoms with Gasteiger partial charge in [0.25, 0.3) is 0 Å². The largest absolute Gasteiger partial charge is 0.357 e. The maximum absolute atomic E-state index is 4.62. The van der Waals surface area contributed by atoms with Gasteiger partial charge in [0.1, 0.15) is 0 Å². The van der Waals surface area contributed by atoms with Crippen LogP contribution in [0.5, 0.6) is 0 Å². The van der Waals surface area contributed by atoms with Crippen molar-refractivity contribution in [1.82, 2.24) is 15.2 Å². The molecule has 0 unspecified atom stereocenters. The molecule has 0 aliphatic rings. The Balaban J connectivity index is 0.00000264. The zero-order chi connectivity index (χ0) is 15.8. The molecule has 0 bridgehead atoms. The molecule has 126 valence electrons. The summed E-state index contributed by atoms with van der Waals surface area (Å²) in [6.45, 7) is 6.64. The molecule has 0 saturated carbocycles. The second-order valence-electron chi connectivity index (χ2n) is 5.54. The summed E-state index contributed by atoms with van der Waals surface area (Å²) in [7, 11) is 2.03. The third kappa shape index (κ3) is 7.07. The number of guanidine groups is 1. The molecule has 1 aromatic carbocycles. The molecule has 2 rings (SSSR count). The second-order valence-corrected chi connectivity index (χ2v) is 5.54. The lowest BCUT2D eigenvalue weighted by atomic mass is 10.1. The number of hydrogen-bond acceptors (Lipinski definition) is 1. The van der Waals surface area contributed by atoms with Crippen molar-refractivity contribution in [2.45, 2.75) is 26.8 Å². The van der Waals surface area contributed by atoms with Crippen LogP contribution in [0, 0.1) is 6.92 Å². The topological polar surface area (TPSA) is 41.4 Å². The molecule has 0 radical (unpaired) electrons. The van der Waals surface area contributed by atoms with Crippen LogP contribution in [0.2, 0.25) is 0 Å². The summed E-state index contributed by atoms with van der Waals surface area (Å²) in [5.41, 5.74) is 3.87. The summed E-state index contributed by atoms with van der Waals surface area (Å²) >= 11 is 0. The molecule has 0 amide bonds. The Morgan fingerprint density at radius 1 is 1.09 bits per heavy atom. The summed E-state index contributed by atoms with van der Waals surface area (Å²) in [6, 6.07) is 10.8. The van der Waals surface area contributed by atoms with E-state index in [0.29, 0.717) is 6.54 Å². The first-order valence-electron chi connectivity index (χ1n) is 7.86. The predicted octanol–water partition coefficient (Wildman–Crippen LogP) is 3.25. The quantitative estimate of drug-likeness (QED) is 0.423. The zero-order valence-corrected chi connectivity index (χ0v) is 16.5. The molecule has 2 aromatic rings. The first-order chi connectivity index (χ1) is 10.7. The van der Waals surface area contributed by atoms with E-state index in [-0.39, 0.29) is 24.0 Å². The molecular formula is C18H27IN4. The molecule has 1 aromatic heterocycles. The minimum atomic E-state index is 0. The Labute approximate surface area is 156 Å². The van der Waals surface area contributed by atoms with E-state index in [0.717, 1.165) is 25.5 Å². The Morgan fingerprint density at radius 3 is 2.43 bits per heavy atom. The van der Waals surface area contributed by atoms with E-state index in [1.807, 2.05) is 17.8 Å². The molecule has 1 heterocycles. The van der Waals surface area contributed by atoms with Crippen molar-refractivity contribution in [3.63, 3.8) is 0 Å². The van der Waals surface area contributed by atoms with Gasteiger partial charge in [-0.3, -0.25) is 0 Å². The summed E-state index contributed by atoms with van der Waals surface area (Å²) in [4.78, 5) is 4.62. The van der Waals surface area contributed by atoms with Gasteiger partial charge >= 0.3 is 0 Å². The highest BCUT2D eigenvalue weighted by atomic mass is 127. The minimum Gasteiger partial charge on any atom is -0.357 e. The van der Waals surface area contributed by atoms with Crippen molar-refractivity contribution in [3.8, 4) is 0 Å². The van der Waals surface area contributed by atoms with E-state index in [2.05, 4.69) is 66.0 Å². The number of aliphatic imine (C=N–C) groups is 1. The van der Waals surface area contributed by atoms with Gasteiger partial charge in [-0.2, -0.15) is 0 Å². The average Bonchev–Trinajstić information content (AvgIpc) is 2.92. The highest BCUT2D eigenvalue weighted by molar-refractivity contribution is 14.0. The fourth-order valence-corrected chi connectivity index (χ4v) is 2.25. The average molecular weight is 426 g/mol. The van der Waals surface area contributed by atoms with Crippen LogP contribution in [-0.2, 0) is 20.0 Å². The van der Waals surface area contributed by atoms with Crippen molar-refractivity contribution in [3.05, 3.63) is 59.4 Å². The lowest BCUT2D eigenvalue weighted by Gasteiger charge is -2.11. The molecule has 4 nitrogen and oxygen atoms in total. The van der Waals surface area contributed by atoms with Gasteiger partial charge in [-0.15, -0.1) is 24.0 Å². The molecule has 0 aliphatic heterocycles. The summed E-state index contributed by atoms with van der Waals surface area (Å²) in [5, 5.41) is 6.68. The number of aromatic nitrogens is 1. The van der Waals surface area contributed by atoms with Gasteiger partial charge in [-0.1, -0.05) is 29.8 Å². The molecule has 0 saturated heterocycles. The molecule has 5 heteroatoms. The molecule has 0 fully saturated rings. The van der Waals surface area contributed by atoms with Gasteiger partial charge in [0, 0.05) is 32.5 Å². The number of aryl methyl sites for hydroxylation is 2. The summed E-state index contributed by atoms with van der Waals surface area (Å²) in [6.07, 6.45) is 5.14. The van der Waals surface area contributed by atoms with E-state index in [4.69, 9.17) is 0 Å². The van der Waals surface area contributed by atoms with Crippen LogP contribution in [0.25, 0.3) is 0 Å². The van der Waals surface area contributed by atoms with Crippen LogP contribution in [0.1, 0.15) is 23.6 Å². The highest BCUT2D eigenvalue weighted by Crippen LogP contribution is 2.03. The van der Waals surface area contributed by atoms with Crippen molar-refractivity contribution in [2.75, 3.05) is 13.1 Å². The summed E-state index contributed by atoms with van der Waals surface area (Å²) in [5.74, 6) is 0.874. The van der Waals surface area contributed by atoms with Crippen LogP contribution >= 0.6 is 24.0 Å². The molecule has 0 spiro atoms. The first-order valence-corrected chi connectivity index (χ1v) is 7.86. The van der Waals surface area contributed by atoms with E-state index in [1.54, 1.807) is 0 Å². The Kier molecular flexibility index (Phi) is 8.76. The van der Waals surface area contributed by atoms with E-state index in [9.17, 15) is 0 Å². The van der Waals surface area contributed by atoms with Crippen LogP contribution in [0.15, 0.2) is 47.7 Å². The van der Waals surface area contributed by atoms with Gasteiger partial charge in [0.05, 0.1) is 6.54 Å². The van der Waals surface area contributed by atoms with Gasteiger partial charge in [0.15, 0.2) is 5.96 Å². The normalized spacial score (nSPS) is 11.0. The minimum absolute atomic E-state index is 0. The Hall–Kier alpha value is -1.50. The Morgan fingerprint density at radius 2 is 1.83 bits per heavy atom. The summed E-state index contributed by atoms with van der Waals surface area (Å²) < 4.78 is 2.04. The molecule has 0 aliphatic carbocycles. The van der Waals surface area contributed by atoms with Gasteiger partial charge in [0.2, 0.25) is 0 Å². The van der Waals surface area contributed by atoms with Crippen LogP contribution in [-0.4, -0.2) is 23.6 Å². The number of hydrogen-bond donors (Lipinski definition) is 2. The van der Waals surface area contributed by atoms with Crippen molar-refractivity contribution < 1.29 is 0 Å². The Bertz CT molecular complexity index is 602. The van der Waals surface area contributed by atoms with Gasteiger partial charge < -0.3 is 15.2 Å². The monoisotopic (exact) mass is 426 g/mol. The SMILES string of the molecule is CCNC(=NCc1ccn(C)c1)NCCc1ccc(C)cc1.I. The number of benzene rings is 1. The van der Waals surface area contributed by atoms with Crippen molar-refractivity contribution >= 4 is 29.9 Å². The number of nitrogens with one attached hydrogen (secondary N) is 2. The fraction of sp³-hybridized carbons (Fsp3) is 0.389.